The molecule has 118 valence electrons. The lowest BCUT2D eigenvalue weighted by molar-refractivity contribution is -0.124. The second-order valence-electron chi connectivity index (χ2n) is 4.53. The number of nitrogens with one attached hydrogen (secondary N) is 1. The Morgan fingerprint density at radius 2 is 2.05 bits per heavy atom. The molecule has 0 fully saturated rings. The number of nitrogens with two attached hydrogens (primary N) is 2. The minimum absolute atomic E-state index is 0.249. The van der Waals surface area contributed by atoms with Gasteiger partial charge in [0.1, 0.15) is 5.71 Å². The molecule has 1 amide bonds. The van der Waals surface area contributed by atoms with Crippen molar-refractivity contribution >= 4 is 24.5 Å². The van der Waals surface area contributed by atoms with Crippen LogP contribution in [0.25, 0.3) is 0 Å². The minimum Gasteiger partial charge on any atom is -0.424 e. The minimum atomic E-state index is -4.82. The summed E-state index contributed by atoms with van der Waals surface area (Å²) in [5, 5.41) is 20.5. The van der Waals surface area contributed by atoms with Gasteiger partial charge in [-0.2, -0.15) is 13.2 Å². The monoisotopic (exact) mass is 310 g/mol. The molecule has 0 saturated carbocycles. The normalized spacial score (nSPS) is 23.6. The zero-order valence-corrected chi connectivity index (χ0v) is 10.7. The molecule has 0 saturated heterocycles. The third-order valence-electron chi connectivity index (χ3n) is 2.95. The Kier molecular flexibility index (Phi) is 5.09. The number of primary amides is 1. The molecule has 0 radical (unpaired) electrons. The highest BCUT2D eigenvalue weighted by Crippen LogP contribution is 2.26. The molecule has 0 aromatic heterocycles. The van der Waals surface area contributed by atoms with Crippen LogP contribution < -0.4 is 16.8 Å². The standard InChI is InChI=1S/C9H14BF3N4O4/c11-9(12,13)5-3-16-8(17-5,10(20)21)7(19)4(14)1-2-6(15)18/h4,16,20-21H,1-3,14H2,(H2,15,18)/t4-,8?/m0/s1. The highest BCUT2D eigenvalue weighted by molar-refractivity contribution is 6.53. The average molecular weight is 310 g/mol. The van der Waals surface area contributed by atoms with E-state index < -0.39 is 48.8 Å². The second-order valence-corrected chi connectivity index (χ2v) is 4.53. The lowest BCUT2D eigenvalue weighted by atomic mass is 9.68. The first-order valence-electron chi connectivity index (χ1n) is 5.86. The third-order valence-corrected chi connectivity index (χ3v) is 2.95. The number of hydrogen-bond acceptors (Lipinski definition) is 7. The van der Waals surface area contributed by atoms with Gasteiger partial charge in [0.25, 0.3) is 0 Å². The van der Waals surface area contributed by atoms with Crippen LogP contribution in [0.2, 0.25) is 0 Å². The first-order valence-corrected chi connectivity index (χ1v) is 5.86. The van der Waals surface area contributed by atoms with E-state index in [0.29, 0.717) is 0 Å². The predicted molar refractivity (Wildman–Crippen MR) is 65.8 cm³/mol. The number of ketones is 1. The molecule has 21 heavy (non-hydrogen) atoms. The molecule has 12 heteroatoms. The lowest BCUT2D eigenvalue weighted by Crippen LogP contribution is -2.63. The van der Waals surface area contributed by atoms with E-state index >= 15 is 0 Å². The van der Waals surface area contributed by atoms with Crippen LogP contribution in [0.4, 0.5) is 13.2 Å². The van der Waals surface area contributed by atoms with Crippen LogP contribution >= 0.6 is 0 Å². The van der Waals surface area contributed by atoms with Gasteiger partial charge in [0.15, 0.2) is 5.78 Å². The zero-order chi connectivity index (χ0) is 16.4. The summed E-state index contributed by atoms with van der Waals surface area (Å²) in [4.78, 5) is 25.7. The Morgan fingerprint density at radius 1 is 1.48 bits per heavy atom. The van der Waals surface area contributed by atoms with E-state index in [2.05, 4.69) is 4.99 Å². The molecule has 8 nitrogen and oxygen atoms in total. The van der Waals surface area contributed by atoms with E-state index in [0.717, 1.165) is 0 Å². The smallest absolute Gasteiger partial charge is 0.424 e. The Bertz CT molecular complexity index is 470. The van der Waals surface area contributed by atoms with Gasteiger partial charge in [0.2, 0.25) is 11.5 Å². The van der Waals surface area contributed by atoms with Gasteiger partial charge < -0.3 is 21.5 Å². The van der Waals surface area contributed by atoms with Gasteiger partial charge in [-0.1, -0.05) is 0 Å². The maximum atomic E-state index is 12.5. The number of carbonyl (C=O) groups is 2. The van der Waals surface area contributed by atoms with Crippen LogP contribution in [0.3, 0.4) is 0 Å². The van der Waals surface area contributed by atoms with Gasteiger partial charge in [-0.3, -0.25) is 19.9 Å². The van der Waals surface area contributed by atoms with E-state index in [1.165, 1.54) is 0 Å². The van der Waals surface area contributed by atoms with E-state index in [1.807, 2.05) is 5.32 Å². The molecule has 1 aliphatic heterocycles. The Labute approximate surface area is 117 Å². The van der Waals surface area contributed by atoms with E-state index in [1.54, 1.807) is 0 Å². The summed E-state index contributed by atoms with van der Waals surface area (Å²) in [6.07, 6.45) is -5.34. The molecular weight excluding hydrogens is 296 g/mol. The van der Waals surface area contributed by atoms with Crippen LogP contribution in [-0.2, 0) is 9.59 Å². The number of nitrogens with zero attached hydrogens (tertiary/aromatic N) is 1. The Hall–Kier alpha value is -1.50. The topological polar surface area (TPSA) is 151 Å². The van der Waals surface area contributed by atoms with Crippen molar-refractivity contribution in [3.05, 3.63) is 0 Å². The van der Waals surface area contributed by atoms with Gasteiger partial charge in [-0.05, 0) is 6.42 Å². The molecule has 0 aliphatic carbocycles. The summed E-state index contributed by atoms with van der Waals surface area (Å²) in [5.41, 5.74) is 6.37. The number of hydrogen-bond donors (Lipinski definition) is 5. The predicted octanol–water partition coefficient (Wildman–Crippen LogP) is -2.54. The van der Waals surface area contributed by atoms with Crippen LogP contribution in [0.1, 0.15) is 12.8 Å². The fourth-order valence-electron chi connectivity index (χ4n) is 1.80. The molecule has 0 bridgehead atoms. The Morgan fingerprint density at radius 3 is 2.43 bits per heavy atom. The van der Waals surface area contributed by atoms with Crippen molar-refractivity contribution in [2.75, 3.05) is 6.54 Å². The van der Waals surface area contributed by atoms with E-state index in [-0.39, 0.29) is 12.8 Å². The van der Waals surface area contributed by atoms with Crippen molar-refractivity contribution in [1.29, 1.82) is 0 Å². The number of alkyl halides is 3. The molecular formula is C9H14BF3N4O4. The van der Waals surface area contributed by atoms with Crippen molar-refractivity contribution in [2.24, 2.45) is 16.5 Å². The Balaban J connectivity index is 3.00. The summed E-state index contributed by atoms with van der Waals surface area (Å²) >= 11 is 0. The molecule has 1 aliphatic rings. The summed E-state index contributed by atoms with van der Waals surface area (Å²) in [7, 11) is -2.52. The number of amides is 1. The summed E-state index contributed by atoms with van der Waals surface area (Å²) in [6.45, 7) is -0.866. The summed E-state index contributed by atoms with van der Waals surface area (Å²) < 4.78 is 37.6. The van der Waals surface area contributed by atoms with Crippen LogP contribution in [0, 0.1) is 0 Å². The number of rotatable bonds is 6. The summed E-state index contributed by atoms with van der Waals surface area (Å²) in [5.74, 6) is -1.92. The number of aliphatic imine (C=N–C) groups is 1. The van der Waals surface area contributed by atoms with Gasteiger partial charge in [0.05, 0.1) is 6.04 Å². The van der Waals surface area contributed by atoms with Gasteiger partial charge in [-0.25, -0.2) is 0 Å². The van der Waals surface area contributed by atoms with Crippen LogP contribution in [0.15, 0.2) is 4.99 Å². The first-order chi connectivity index (χ1) is 9.50. The molecule has 0 spiro atoms. The molecule has 1 rings (SSSR count). The van der Waals surface area contributed by atoms with Gasteiger partial charge in [-0.15, -0.1) is 0 Å². The number of halogens is 3. The molecule has 1 heterocycles. The molecule has 2 atom stereocenters. The summed E-state index contributed by atoms with van der Waals surface area (Å²) in [6, 6.07) is -1.43. The molecule has 0 aromatic rings. The fourth-order valence-corrected chi connectivity index (χ4v) is 1.80. The van der Waals surface area contributed by atoms with Crippen LogP contribution in [0.5, 0.6) is 0 Å². The highest BCUT2D eigenvalue weighted by Gasteiger charge is 2.56. The van der Waals surface area contributed by atoms with E-state index in [4.69, 9.17) is 11.5 Å². The highest BCUT2D eigenvalue weighted by atomic mass is 19.4. The molecule has 0 aromatic carbocycles. The quantitative estimate of drug-likeness (QED) is 0.341. The maximum Gasteiger partial charge on any atom is 0.505 e. The average Bonchev–Trinajstić information content (AvgIpc) is 2.81. The first kappa shape index (κ1) is 17.6. The SMILES string of the molecule is NC(=O)CC[C@H](N)C(=O)C1(B(O)O)N=C(C(F)(F)F)CN1. The van der Waals surface area contributed by atoms with Crippen molar-refractivity contribution in [3.8, 4) is 0 Å². The fraction of sp³-hybridized carbons (Fsp3) is 0.667. The van der Waals surface area contributed by atoms with Crippen LogP contribution in [-0.4, -0.2) is 58.9 Å². The van der Waals surface area contributed by atoms with E-state index in [9.17, 15) is 32.8 Å². The lowest BCUT2D eigenvalue weighted by Gasteiger charge is -2.26. The van der Waals surface area contributed by atoms with Crippen molar-refractivity contribution < 1.29 is 32.8 Å². The van der Waals surface area contributed by atoms with Crippen molar-refractivity contribution in [1.82, 2.24) is 5.32 Å². The largest absolute Gasteiger partial charge is 0.505 e. The van der Waals surface area contributed by atoms with Gasteiger partial charge in [0, 0.05) is 13.0 Å². The maximum absolute atomic E-state index is 12.5. The molecule has 1 unspecified atom stereocenters. The molecule has 7 N–H and O–H groups in total. The number of carbonyl (C=O) groups excluding carboxylic acids is 2. The second kappa shape index (κ2) is 6.09. The van der Waals surface area contributed by atoms with Crippen molar-refractivity contribution in [2.45, 2.75) is 30.6 Å². The van der Waals surface area contributed by atoms with Crippen molar-refractivity contribution in [3.63, 3.8) is 0 Å². The third kappa shape index (κ3) is 3.78. The number of Topliss-reactive ketones (excluding diaryl/α,β-unsaturated/α-hetero) is 1. The zero-order valence-electron chi connectivity index (χ0n) is 10.7. The van der Waals surface area contributed by atoms with Gasteiger partial charge >= 0.3 is 13.3 Å².